The summed E-state index contributed by atoms with van der Waals surface area (Å²) in [5, 5.41) is 8.79. The van der Waals surface area contributed by atoms with Gasteiger partial charge in [0.1, 0.15) is 5.82 Å². The van der Waals surface area contributed by atoms with Crippen LogP contribution in [-0.2, 0) is 25.9 Å². The van der Waals surface area contributed by atoms with Crippen molar-refractivity contribution in [3.63, 3.8) is 0 Å². The summed E-state index contributed by atoms with van der Waals surface area (Å²) in [5.74, 6) is 3.39. The number of fused-ring (bicyclic) bond motifs is 1. The van der Waals surface area contributed by atoms with Crippen molar-refractivity contribution in [2.75, 3.05) is 13.2 Å². The fourth-order valence-electron chi connectivity index (χ4n) is 3.27. The number of aryl methyl sites for hydroxylation is 2. The minimum Gasteiger partial charge on any atom is -0.490 e. The van der Waals surface area contributed by atoms with Crippen LogP contribution in [0, 0.1) is 0 Å². The Morgan fingerprint density at radius 3 is 2.85 bits per heavy atom. The molecular weight excluding hydrogens is 364 g/mol. The van der Waals surface area contributed by atoms with Crippen LogP contribution in [0.1, 0.15) is 50.8 Å². The molecule has 1 atom stereocenters. The van der Waals surface area contributed by atoms with Gasteiger partial charge in [0.15, 0.2) is 17.3 Å². The average Bonchev–Trinajstić information content (AvgIpc) is 3.08. The highest BCUT2D eigenvalue weighted by atomic mass is 35.5. The van der Waals surface area contributed by atoms with E-state index in [-0.39, 0.29) is 0 Å². The monoisotopic (exact) mass is 392 g/mol. The number of hydrogen-bond acceptors (Lipinski definition) is 5. The second-order valence-corrected chi connectivity index (χ2v) is 7.19. The molecule has 1 aliphatic heterocycles. The van der Waals surface area contributed by atoms with Gasteiger partial charge in [-0.15, -0.1) is 0 Å². The predicted molar refractivity (Wildman–Crippen MR) is 107 cm³/mol. The lowest BCUT2D eigenvalue weighted by Gasteiger charge is -2.24. The van der Waals surface area contributed by atoms with Gasteiger partial charge in [0, 0.05) is 25.4 Å². The fourth-order valence-corrected chi connectivity index (χ4v) is 3.56. The van der Waals surface area contributed by atoms with Crippen LogP contribution in [0.2, 0.25) is 5.02 Å². The van der Waals surface area contributed by atoms with E-state index in [0.717, 1.165) is 56.0 Å². The Kier molecular flexibility index (Phi) is 6.96. The normalized spacial score (nSPS) is 16.2. The zero-order chi connectivity index (χ0) is 19.2. The maximum Gasteiger partial charge on any atom is 0.179 e. The summed E-state index contributed by atoms with van der Waals surface area (Å²) < 4.78 is 13.6. The predicted octanol–water partition coefficient (Wildman–Crippen LogP) is 3.79. The highest BCUT2D eigenvalue weighted by molar-refractivity contribution is 6.32. The number of aromatic nitrogens is 3. The lowest BCUT2D eigenvalue weighted by molar-refractivity contribution is 0.276. The third-order valence-corrected chi connectivity index (χ3v) is 4.91. The summed E-state index contributed by atoms with van der Waals surface area (Å²) in [6.07, 6.45) is 3.82. The second kappa shape index (κ2) is 9.42. The molecule has 0 radical (unpaired) electrons. The summed E-state index contributed by atoms with van der Waals surface area (Å²) in [5.41, 5.74) is 1.09. The number of rotatable bonds is 9. The van der Waals surface area contributed by atoms with Crippen LogP contribution in [0.15, 0.2) is 12.1 Å². The molecule has 0 fully saturated rings. The van der Waals surface area contributed by atoms with Crippen molar-refractivity contribution in [3.8, 4) is 11.5 Å². The molecule has 7 heteroatoms. The Hall–Kier alpha value is -1.79. The van der Waals surface area contributed by atoms with E-state index in [1.807, 2.05) is 23.7 Å². The molecule has 1 unspecified atom stereocenters. The Morgan fingerprint density at radius 2 is 2.11 bits per heavy atom. The molecular formula is C20H29ClN4O2. The highest BCUT2D eigenvalue weighted by Gasteiger charge is 2.21. The third kappa shape index (κ3) is 4.93. The van der Waals surface area contributed by atoms with Gasteiger partial charge in [0.05, 0.1) is 24.8 Å². The number of benzene rings is 1. The second-order valence-electron chi connectivity index (χ2n) is 6.78. The molecule has 0 saturated carbocycles. The van der Waals surface area contributed by atoms with E-state index in [1.54, 1.807) is 0 Å². The molecule has 0 spiro atoms. The van der Waals surface area contributed by atoms with Crippen LogP contribution >= 0.6 is 11.6 Å². The topological polar surface area (TPSA) is 61.2 Å². The quantitative estimate of drug-likeness (QED) is 0.703. The van der Waals surface area contributed by atoms with Crippen molar-refractivity contribution in [2.45, 2.75) is 65.6 Å². The molecule has 27 heavy (non-hydrogen) atoms. The van der Waals surface area contributed by atoms with Crippen LogP contribution in [0.4, 0.5) is 0 Å². The van der Waals surface area contributed by atoms with Crippen LogP contribution in [0.3, 0.4) is 0 Å². The Labute approximate surface area is 166 Å². The van der Waals surface area contributed by atoms with Crippen molar-refractivity contribution in [3.05, 3.63) is 34.4 Å². The molecule has 3 rings (SSSR count). The molecule has 6 nitrogen and oxygen atoms in total. The van der Waals surface area contributed by atoms with E-state index in [4.69, 9.17) is 21.1 Å². The van der Waals surface area contributed by atoms with Crippen molar-refractivity contribution in [1.29, 1.82) is 0 Å². The van der Waals surface area contributed by atoms with Gasteiger partial charge in [0.25, 0.3) is 0 Å². The highest BCUT2D eigenvalue weighted by Crippen LogP contribution is 2.37. The van der Waals surface area contributed by atoms with Crippen LogP contribution in [0.25, 0.3) is 0 Å². The number of halogens is 1. The zero-order valence-corrected chi connectivity index (χ0v) is 17.2. The molecule has 1 aliphatic rings. The molecule has 0 bridgehead atoms. The lowest BCUT2D eigenvalue weighted by atomic mass is 10.1. The fraction of sp³-hybridized carbons (Fsp3) is 0.600. The Balaban J connectivity index is 1.65. The molecule has 1 aromatic heterocycles. The van der Waals surface area contributed by atoms with Gasteiger partial charge >= 0.3 is 0 Å². The van der Waals surface area contributed by atoms with Gasteiger partial charge in [-0.25, -0.2) is 9.67 Å². The first-order chi connectivity index (χ1) is 13.1. The van der Waals surface area contributed by atoms with Gasteiger partial charge in [-0.3, -0.25) is 0 Å². The van der Waals surface area contributed by atoms with Gasteiger partial charge in [-0.2, -0.15) is 5.10 Å². The van der Waals surface area contributed by atoms with Gasteiger partial charge < -0.3 is 14.8 Å². The largest absolute Gasteiger partial charge is 0.490 e. The molecule has 2 aromatic rings. The number of nitrogens with zero attached hydrogens (tertiary/aromatic N) is 3. The molecule has 0 amide bonds. The van der Waals surface area contributed by atoms with Gasteiger partial charge in [-0.1, -0.05) is 25.4 Å². The van der Waals surface area contributed by atoms with E-state index in [9.17, 15) is 0 Å². The molecule has 148 valence electrons. The maximum absolute atomic E-state index is 6.46. The Bertz CT molecular complexity index is 763. The molecule has 1 N–H and O–H groups in total. The summed E-state index contributed by atoms with van der Waals surface area (Å²) in [7, 11) is 0. The molecule has 0 saturated heterocycles. The first-order valence-electron chi connectivity index (χ1n) is 9.88. The smallest absolute Gasteiger partial charge is 0.179 e. The van der Waals surface area contributed by atoms with Gasteiger partial charge in [-0.05, 0) is 37.5 Å². The summed E-state index contributed by atoms with van der Waals surface area (Å²) >= 11 is 6.46. The SMILES string of the molecule is CCCOc1c(Cl)cc(CNC2CCc3nc(CC)nn3C2)cc1OCC. The van der Waals surface area contributed by atoms with E-state index in [1.165, 1.54) is 0 Å². The molecule has 1 aromatic carbocycles. The minimum absolute atomic E-state index is 0.370. The van der Waals surface area contributed by atoms with Crippen LogP contribution in [-0.4, -0.2) is 34.0 Å². The number of nitrogens with one attached hydrogen (secondary N) is 1. The number of hydrogen-bond donors (Lipinski definition) is 1. The van der Waals surface area contributed by atoms with Crippen molar-refractivity contribution < 1.29 is 9.47 Å². The first kappa shape index (κ1) is 20.0. The van der Waals surface area contributed by atoms with Crippen LogP contribution in [0.5, 0.6) is 11.5 Å². The molecule has 2 heterocycles. The van der Waals surface area contributed by atoms with E-state index in [0.29, 0.717) is 35.8 Å². The summed E-state index contributed by atoms with van der Waals surface area (Å²) in [6.45, 7) is 8.90. The van der Waals surface area contributed by atoms with E-state index >= 15 is 0 Å². The van der Waals surface area contributed by atoms with Gasteiger partial charge in [0.2, 0.25) is 0 Å². The third-order valence-electron chi connectivity index (χ3n) is 4.63. The molecule has 0 aliphatic carbocycles. The average molecular weight is 393 g/mol. The first-order valence-corrected chi connectivity index (χ1v) is 10.3. The summed E-state index contributed by atoms with van der Waals surface area (Å²) in [6, 6.07) is 4.35. The van der Waals surface area contributed by atoms with E-state index in [2.05, 4.69) is 29.2 Å². The van der Waals surface area contributed by atoms with Crippen molar-refractivity contribution >= 4 is 11.6 Å². The van der Waals surface area contributed by atoms with E-state index < -0.39 is 0 Å². The Morgan fingerprint density at radius 1 is 1.26 bits per heavy atom. The zero-order valence-electron chi connectivity index (χ0n) is 16.4. The standard InChI is InChI=1S/C20H29ClN4O2/c1-4-9-27-20-16(21)10-14(11-17(20)26-6-3)12-22-15-7-8-19-23-18(5-2)24-25(19)13-15/h10-11,15,22H,4-9,12-13H2,1-3H3. The number of ether oxygens (including phenoxy) is 2. The van der Waals surface area contributed by atoms with Crippen molar-refractivity contribution in [1.82, 2.24) is 20.1 Å². The summed E-state index contributed by atoms with van der Waals surface area (Å²) in [4.78, 5) is 4.58. The lowest BCUT2D eigenvalue weighted by Crippen LogP contribution is -2.37. The van der Waals surface area contributed by atoms with Crippen molar-refractivity contribution in [2.24, 2.45) is 0 Å². The van der Waals surface area contributed by atoms with Crippen LogP contribution < -0.4 is 14.8 Å². The maximum atomic E-state index is 6.46. The minimum atomic E-state index is 0.370.